The second-order valence-corrected chi connectivity index (χ2v) is 5.43. The molecule has 2 aromatic rings. The number of hydrogen-bond donors (Lipinski definition) is 3. The molecule has 0 unspecified atom stereocenters. The Kier molecular flexibility index (Phi) is 6.02. The molecular formula is C17H23N3O3. The highest BCUT2D eigenvalue weighted by molar-refractivity contribution is 5.54. The van der Waals surface area contributed by atoms with Crippen LogP contribution in [0.4, 0.5) is 5.69 Å². The van der Waals surface area contributed by atoms with Crippen LogP contribution in [-0.4, -0.2) is 26.8 Å². The van der Waals surface area contributed by atoms with Crippen molar-refractivity contribution in [3.63, 3.8) is 0 Å². The van der Waals surface area contributed by atoms with Crippen LogP contribution < -0.4 is 10.5 Å². The zero-order chi connectivity index (χ0) is 16.7. The Morgan fingerprint density at radius 3 is 2.26 bits per heavy atom. The van der Waals surface area contributed by atoms with Gasteiger partial charge in [-0.05, 0) is 24.1 Å². The van der Waals surface area contributed by atoms with Crippen LogP contribution in [0.25, 0.3) is 0 Å². The fourth-order valence-electron chi connectivity index (χ4n) is 2.17. The summed E-state index contributed by atoms with van der Waals surface area (Å²) in [5.74, 6) is 0.329. The van der Waals surface area contributed by atoms with Crippen molar-refractivity contribution in [2.45, 2.75) is 39.0 Å². The van der Waals surface area contributed by atoms with Crippen LogP contribution in [0.2, 0.25) is 0 Å². The summed E-state index contributed by atoms with van der Waals surface area (Å²) in [6.07, 6.45) is 5.10. The van der Waals surface area contributed by atoms with E-state index in [1.54, 1.807) is 0 Å². The summed E-state index contributed by atoms with van der Waals surface area (Å²) < 4.78 is 5.68. The standard InChI is InChI=1S/C17H23N3O3/c1-2-3-4-5-10-23-13-8-6-12(7-9-13)11-14-19-16(21)15(18)17(22)20-14/h6-9H,2-5,10-11,18H2,1H3,(H2,19,20,21,22). The molecule has 0 saturated carbocycles. The molecule has 6 heteroatoms. The molecule has 0 bridgehead atoms. The molecule has 0 aliphatic carbocycles. The maximum absolute atomic E-state index is 9.51. The van der Waals surface area contributed by atoms with E-state index in [0.29, 0.717) is 12.2 Å². The van der Waals surface area contributed by atoms with E-state index in [0.717, 1.165) is 24.3 Å². The van der Waals surface area contributed by atoms with E-state index in [4.69, 9.17) is 10.5 Å². The number of unbranched alkanes of at least 4 members (excludes halogenated alkanes) is 3. The van der Waals surface area contributed by atoms with Gasteiger partial charge in [0.2, 0.25) is 11.8 Å². The van der Waals surface area contributed by atoms with Gasteiger partial charge in [0.25, 0.3) is 0 Å². The first kappa shape index (κ1) is 16.9. The summed E-state index contributed by atoms with van der Waals surface area (Å²) in [5.41, 5.74) is 6.14. The highest BCUT2D eigenvalue weighted by Crippen LogP contribution is 2.26. The molecule has 1 heterocycles. The molecule has 6 nitrogen and oxygen atoms in total. The van der Waals surface area contributed by atoms with Crippen molar-refractivity contribution >= 4 is 5.69 Å². The summed E-state index contributed by atoms with van der Waals surface area (Å²) >= 11 is 0. The molecular weight excluding hydrogens is 294 g/mol. The quantitative estimate of drug-likeness (QED) is 0.647. The number of benzene rings is 1. The van der Waals surface area contributed by atoms with Crippen molar-refractivity contribution in [1.29, 1.82) is 0 Å². The monoisotopic (exact) mass is 317 g/mol. The van der Waals surface area contributed by atoms with E-state index in [-0.39, 0.29) is 5.69 Å². The van der Waals surface area contributed by atoms with Crippen molar-refractivity contribution in [2.24, 2.45) is 0 Å². The van der Waals surface area contributed by atoms with E-state index < -0.39 is 11.8 Å². The number of nitrogens with two attached hydrogens (primary N) is 1. The van der Waals surface area contributed by atoms with Crippen molar-refractivity contribution in [2.75, 3.05) is 12.3 Å². The second kappa shape index (κ2) is 8.22. The third-order valence-corrected chi connectivity index (χ3v) is 3.50. The van der Waals surface area contributed by atoms with Crippen molar-refractivity contribution in [3.05, 3.63) is 35.7 Å². The van der Waals surface area contributed by atoms with Gasteiger partial charge in [-0.15, -0.1) is 0 Å². The van der Waals surface area contributed by atoms with Crippen LogP contribution in [0, 0.1) is 0 Å². The maximum atomic E-state index is 9.51. The van der Waals surface area contributed by atoms with Gasteiger partial charge in [0.15, 0.2) is 5.69 Å². The SMILES string of the molecule is CCCCCCOc1ccc(Cc2nc(O)c(N)c(O)n2)cc1. The largest absolute Gasteiger partial charge is 0.494 e. The van der Waals surface area contributed by atoms with Gasteiger partial charge in [-0.3, -0.25) is 0 Å². The lowest BCUT2D eigenvalue weighted by atomic mass is 10.1. The number of nitrogens with zero attached hydrogens (tertiary/aromatic N) is 2. The third kappa shape index (κ3) is 5.02. The van der Waals surface area contributed by atoms with Crippen molar-refractivity contribution < 1.29 is 14.9 Å². The molecule has 0 amide bonds. The fraction of sp³-hybridized carbons (Fsp3) is 0.412. The molecule has 0 aliphatic heterocycles. The number of aromatic nitrogens is 2. The summed E-state index contributed by atoms with van der Waals surface area (Å²) in [4.78, 5) is 7.72. The number of hydrogen-bond acceptors (Lipinski definition) is 6. The Hall–Kier alpha value is -2.50. The average Bonchev–Trinajstić information content (AvgIpc) is 2.54. The Labute approximate surface area is 136 Å². The van der Waals surface area contributed by atoms with Gasteiger partial charge in [-0.2, -0.15) is 9.97 Å². The van der Waals surface area contributed by atoms with Gasteiger partial charge >= 0.3 is 0 Å². The molecule has 1 aromatic heterocycles. The molecule has 0 aliphatic rings. The van der Waals surface area contributed by atoms with Crippen molar-refractivity contribution in [3.8, 4) is 17.5 Å². The molecule has 0 atom stereocenters. The predicted octanol–water partition coefficient (Wildman–Crippen LogP) is 3.02. The minimum Gasteiger partial charge on any atom is -0.494 e. The number of aromatic hydroxyl groups is 2. The molecule has 2 rings (SSSR count). The van der Waals surface area contributed by atoms with Gasteiger partial charge in [-0.1, -0.05) is 38.3 Å². The third-order valence-electron chi connectivity index (χ3n) is 3.50. The average molecular weight is 317 g/mol. The van der Waals surface area contributed by atoms with Crippen LogP contribution >= 0.6 is 0 Å². The predicted molar refractivity (Wildman–Crippen MR) is 88.7 cm³/mol. The number of anilines is 1. The van der Waals surface area contributed by atoms with Crippen molar-refractivity contribution in [1.82, 2.24) is 9.97 Å². The van der Waals surface area contributed by atoms with Gasteiger partial charge in [0.05, 0.1) is 6.61 Å². The zero-order valence-electron chi connectivity index (χ0n) is 13.3. The van der Waals surface area contributed by atoms with E-state index in [2.05, 4.69) is 16.9 Å². The lowest BCUT2D eigenvalue weighted by molar-refractivity contribution is 0.305. The smallest absolute Gasteiger partial charge is 0.242 e. The molecule has 0 saturated heterocycles. The van der Waals surface area contributed by atoms with Crippen LogP contribution in [0.1, 0.15) is 44.0 Å². The summed E-state index contributed by atoms with van der Waals surface area (Å²) in [5, 5.41) is 19.0. The Bertz CT molecular complexity index is 606. The molecule has 1 aromatic carbocycles. The fourth-order valence-corrected chi connectivity index (χ4v) is 2.17. The Morgan fingerprint density at radius 1 is 1.00 bits per heavy atom. The molecule has 0 radical (unpaired) electrons. The Balaban J connectivity index is 1.90. The van der Waals surface area contributed by atoms with E-state index in [9.17, 15) is 10.2 Å². The highest BCUT2D eigenvalue weighted by Gasteiger charge is 2.10. The van der Waals surface area contributed by atoms with Crippen LogP contribution in [-0.2, 0) is 6.42 Å². The van der Waals surface area contributed by atoms with E-state index in [1.165, 1.54) is 19.3 Å². The summed E-state index contributed by atoms with van der Waals surface area (Å²) in [7, 11) is 0. The number of ether oxygens (including phenoxy) is 1. The zero-order valence-corrected chi connectivity index (χ0v) is 13.3. The first-order valence-electron chi connectivity index (χ1n) is 7.86. The normalized spacial score (nSPS) is 10.7. The first-order valence-corrected chi connectivity index (χ1v) is 7.86. The van der Waals surface area contributed by atoms with Gasteiger partial charge in [0.1, 0.15) is 11.6 Å². The van der Waals surface area contributed by atoms with E-state index in [1.807, 2.05) is 24.3 Å². The molecule has 4 N–H and O–H groups in total. The minimum atomic E-state index is -0.403. The lowest BCUT2D eigenvalue weighted by Gasteiger charge is -2.08. The van der Waals surface area contributed by atoms with Gasteiger partial charge < -0.3 is 20.7 Å². The van der Waals surface area contributed by atoms with Crippen LogP contribution in [0.3, 0.4) is 0 Å². The minimum absolute atomic E-state index is 0.208. The van der Waals surface area contributed by atoms with E-state index >= 15 is 0 Å². The van der Waals surface area contributed by atoms with Crippen LogP contribution in [0.5, 0.6) is 17.5 Å². The highest BCUT2D eigenvalue weighted by atomic mass is 16.5. The summed E-state index contributed by atoms with van der Waals surface area (Å²) in [6.45, 7) is 2.91. The topological polar surface area (TPSA) is 101 Å². The molecule has 124 valence electrons. The molecule has 0 fully saturated rings. The maximum Gasteiger partial charge on any atom is 0.242 e. The number of nitrogen functional groups attached to an aromatic ring is 1. The number of rotatable bonds is 8. The van der Waals surface area contributed by atoms with Crippen LogP contribution in [0.15, 0.2) is 24.3 Å². The van der Waals surface area contributed by atoms with Gasteiger partial charge in [-0.25, -0.2) is 0 Å². The second-order valence-electron chi connectivity index (χ2n) is 5.43. The van der Waals surface area contributed by atoms with Gasteiger partial charge in [0, 0.05) is 6.42 Å². The molecule has 23 heavy (non-hydrogen) atoms. The lowest BCUT2D eigenvalue weighted by Crippen LogP contribution is -2.01. The molecule has 0 spiro atoms. The summed E-state index contributed by atoms with van der Waals surface area (Å²) in [6, 6.07) is 7.61. The first-order chi connectivity index (χ1) is 11.1. The Morgan fingerprint density at radius 2 is 1.65 bits per heavy atom.